The second-order valence-corrected chi connectivity index (χ2v) is 7.43. The number of carbonyl (C=O) groups excluding carboxylic acids is 2. The Bertz CT molecular complexity index is 1350. The molecule has 0 saturated carbocycles. The lowest BCUT2D eigenvalue weighted by molar-refractivity contribution is -0.116. The highest BCUT2D eigenvalue weighted by atomic mass is 19.1. The van der Waals surface area contributed by atoms with Crippen molar-refractivity contribution in [3.63, 3.8) is 0 Å². The van der Waals surface area contributed by atoms with Gasteiger partial charge in [0.2, 0.25) is 11.8 Å². The standard InChI is InChI=1S/C25H18FN3O3/c26-20-8-4-3-7-19(20)22-14-27-25(32-22)18-6-2-1-5-17(18)24(31)28-16-10-11-21-15(13-16)9-12-23(30)29-21/h1-8,10-11,13-14H,9,12H2,(H,28,31)(H,29,30). The number of halogens is 1. The molecule has 3 aromatic carbocycles. The highest BCUT2D eigenvalue weighted by molar-refractivity contribution is 6.08. The number of fused-ring (bicyclic) bond motifs is 1. The van der Waals surface area contributed by atoms with E-state index < -0.39 is 5.82 Å². The molecule has 2 N–H and O–H groups in total. The van der Waals surface area contributed by atoms with Crippen LogP contribution in [0, 0.1) is 5.82 Å². The lowest BCUT2D eigenvalue weighted by Gasteiger charge is -2.18. The van der Waals surface area contributed by atoms with Crippen LogP contribution in [0.4, 0.5) is 15.8 Å². The van der Waals surface area contributed by atoms with Gasteiger partial charge in [0.1, 0.15) is 5.82 Å². The van der Waals surface area contributed by atoms with Gasteiger partial charge in [0.25, 0.3) is 5.91 Å². The van der Waals surface area contributed by atoms with Crippen molar-refractivity contribution in [2.24, 2.45) is 0 Å². The zero-order valence-electron chi connectivity index (χ0n) is 16.9. The first-order valence-electron chi connectivity index (χ1n) is 10.1. The summed E-state index contributed by atoms with van der Waals surface area (Å²) < 4.78 is 19.9. The number of nitrogens with one attached hydrogen (secondary N) is 2. The van der Waals surface area contributed by atoms with Gasteiger partial charge in [-0.3, -0.25) is 9.59 Å². The van der Waals surface area contributed by atoms with Gasteiger partial charge in [0.15, 0.2) is 5.76 Å². The minimum Gasteiger partial charge on any atom is -0.436 e. The van der Waals surface area contributed by atoms with Gasteiger partial charge in [0.05, 0.1) is 17.3 Å². The summed E-state index contributed by atoms with van der Waals surface area (Å²) in [5, 5.41) is 5.72. The van der Waals surface area contributed by atoms with Crippen molar-refractivity contribution in [3.05, 3.63) is 89.9 Å². The van der Waals surface area contributed by atoms with Gasteiger partial charge in [-0.15, -0.1) is 0 Å². The molecule has 0 aliphatic carbocycles. The number of benzene rings is 3. The molecule has 0 radical (unpaired) electrons. The van der Waals surface area contributed by atoms with Crippen LogP contribution in [0.2, 0.25) is 0 Å². The third-order valence-electron chi connectivity index (χ3n) is 5.31. The molecule has 7 heteroatoms. The van der Waals surface area contributed by atoms with E-state index >= 15 is 0 Å². The van der Waals surface area contributed by atoms with Crippen molar-refractivity contribution in [2.45, 2.75) is 12.8 Å². The van der Waals surface area contributed by atoms with Crippen LogP contribution in [-0.2, 0) is 11.2 Å². The SMILES string of the molecule is O=C1CCc2cc(NC(=O)c3ccccc3-c3ncc(-c4ccccc4F)o3)ccc2N1. The summed E-state index contributed by atoms with van der Waals surface area (Å²) >= 11 is 0. The largest absolute Gasteiger partial charge is 0.436 e. The first kappa shape index (κ1) is 19.7. The Morgan fingerprint density at radius 2 is 1.78 bits per heavy atom. The van der Waals surface area contributed by atoms with Crippen molar-refractivity contribution >= 4 is 23.2 Å². The molecular weight excluding hydrogens is 409 g/mol. The van der Waals surface area contributed by atoms with E-state index in [0.29, 0.717) is 35.2 Å². The molecule has 4 aromatic rings. The fourth-order valence-electron chi connectivity index (χ4n) is 3.71. The van der Waals surface area contributed by atoms with E-state index in [0.717, 1.165) is 11.3 Å². The topological polar surface area (TPSA) is 84.2 Å². The summed E-state index contributed by atoms with van der Waals surface area (Å²) in [5.74, 6) is -0.244. The maximum Gasteiger partial charge on any atom is 0.256 e. The first-order chi connectivity index (χ1) is 15.6. The van der Waals surface area contributed by atoms with E-state index in [1.54, 1.807) is 54.6 Å². The minimum atomic E-state index is -0.412. The van der Waals surface area contributed by atoms with Gasteiger partial charge in [0, 0.05) is 23.4 Å². The Morgan fingerprint density at radius 3 is 2.62 bits per heavy atom. The summed E-state index contributed by atoms with van der Waals surface area (Å²) in [6.45, 7) is 0. The normalized spacial score (nSPS) is 12.7. The number of carbonyl (C=O) groups is 2. The number of aromatic nitrogens is 1. The molecule has 32 heavy (non-hydrogen) atoms. The van der Waals surface area contributed by atoms with Gasteiger partial charge < -0.3 is 15.1 Å². The van der Waals surface area contributed by atoms with E-state index in [1.165, 1.54) is 12.3 Å². The first-order valence-corrected chi connectivity index (χ1v) is 10.1. The lowest BCUT2D eigenvalue weighted by Crippen LogP contribution is -2.19. The van der Waals surface area contributed by atoms with E-state index in [9.17, 15) is 14.0 Å². The lowest BCUT2D eigenvalue weighted by atomic mass is 10.0. The zero-order chi connectivity index (χ0) is 22.1. The van der Waals surface area contributed by atoms with Crippen molar-refractivity contribution in [1.29, 1.82) is 0 Å². The molecule has 2 amide bonds. The van der Waals surface area contributed by atoms with Crippen LogP contribution in [0.1, 0.15) is 22.3 Å². The Hall–Kier alpha value is -4.26. The predicted molar refractivity (Wildman–Crippen MR) is 119 cm³/mol. The molecule has 0 unspecified atom stereocenters. The molecule has 1 aromatic heterocycles. The Balaban J connectivity index is 1.42. The molecule has 2 heterocycles. The van der Waals surface area contributed by atoms with Crippen molar-refractivity contribution in [1.82, 2.24) is 4.98 Å². The van der Waals surface area contributed by atoms with Crippen LogP contribution in [-0.4, -0.2) is 16.8 Å². The Labute approximate surface area is 183 Å². The van der Waals surface area contributed by atoms with Gasteiger partial charge in [-0.2, -0.15) is 0 Å². The second-order valence-electron chi connectivity index (χ2n) is 7.43. The molecular formula is C25H18FN3O3. The third-order valence-corrected chi connectivity index (χ3v) is 5.31. The van der Waals surface area contributed by atoms with E-state index in [1.807, 2.05) is 6.07 Å². The average Bonchev–Trinajstić information content (AvgIpc) is 3.29. The molecule has 5 rings (SSSR count). The van der Waals surface area contributed by atoms with E-state index in [-0.39, 0.29) is 23.5 Å². The summed E-state index contributed by atoms with van der Waals surface area (Å²) in [7, 11) is 0. The number of hydrogen-bond donors (Lipinski definition) is 2. The summed E-state index contributed by atoms with van der Waals surface area (Å²) in [6.07, 6.45) is 2.48. The van der Waals surface area contributed by atoms with Gasteiger partial charge in [-0.25, -0.2) is 9.37 Å². The Kier molecular flexibility index (Phi) is 4.99. The zero-order valence-corrected chi connectivity index (χ0v) is 16.9. The summed E-state index contributed by atoms with van der Waals surface area (Å²) in [6, 6.07) is 18.6. The molecule has 0 bridgehead atoms. The van der Waals surface area contributed by atoms with Gasteiger partial charge >= 0.3 is 0 Å². The summed E-state index contributed by atoms with van der Waals surface area (Å²) in [5.41, 5.74) is 3.53. The van der Waals surface area contributed by atoms with Crippen molar-refractivity contribution in [2.75, 3.05) is 10.6 Å². The van der Waals surface area contributed by atoms with Gasteiger partial charge in [-0.05, 0) is 54.4 Å². The van der Waals surface area contributed by atoms with Crippen LogP contribution >= 0.6 is 0 Å². The van der Waals surface area contributed by atoms with Crippen molar-refractivity contribution in [3.8, 4) is 22.8 Å². The Morgan fingerprint density at radius 1 is 1.00 bits per heavy atom. The number of oxazole rings is 1. The third kappa shape index (κ3) is 3.76. The number of anilines is 2. The number of hydrogen-bond acceptors (Lipinski definition) is 4. The predicted octanol–water partition coefficient (Wildman–Crippen LogP) is 5.28. The number of amides is 2. The maximum atomic E-state index is 14.1. The molecule has 1 aliphatic heterocycles. The molecule has 0 atom stereocenters. The summed E-state index contributed by atoms with van der Waals surface area (Å²) in [4.78, 5) is 28.9. The van der Waals surface area contributed by atoms with Crippen molar-refractivity contribution < 1.29 is 18.4 Å². The quantitative estimate of drug-likeness (QED) is 0.464. The van der Waals surface area contributed by atoms with Crippen LogP contribution < -0.4 is 10.6 Å². The highest BCUT2D eigenvalue weighted by Crippen LogP contribution is 2.30. The van der Waals surface area contributed by atoms with Crippen LogP contribution in [0.5, 0.6) is 0 Å². The number of aryl methyl sites for hydroxylation is 1. The average molecular weight is 427 g/mol. The highest BCUT2D eigenvalue weighted by Gasteiger charge is 2.19. The van der Waals surface area contributed by atoms with E-state index in [2.05, 4.69) is 15.6 Å². The molecule has 6 nitrogen and oxygen atoms in total. The van der Waals surface area contributed by atoms with Crippen LogP contribution in [0.15, 0.2) is 77.3 Å². The smallest absolute Gasteiger partial charge is 0.256 e. The number of nitrogens with zero attached hydrogens (tertiary/aromatic N) is 1. The van der Waals surface area contributed by atoms with Crippen LogP contribution in [0.3, 0.4) is 0 Å². The molecule has 158 valence electrons. The fraction of sp³-hybridized carbons (Fsp3) is 0.0800. The monoisotopic (exact) mass is 427 g/mol. The minimum absolute atomic E-state index is 0.0103. The number of rotatable bonds is 4. The maximum absolute atomic E-state index is 14.1. The molecule has 0 fully saturated rings. The van der Waals surface area contributed by atoms with E-state index in [4.69, 9.17) is 4.42 Å². The van der Waals surface area contributed by atoms with Gasteiger partial charge in [-0.1, -0.05) is 24.3 Å². The fourth-order valence-corrected chi connectivity index (χ4v) is 3.71. The molecule has 0 spiro atoms. The second kappa shape index (κ2) is 8.11. The van der Waals surface area contributed by atoms with Crippen LogP contribution in [0.25, 0.3) is 22.8 Å². The molecule has 1 aliphatic rings. The molecule has 0 saturated heterocycles.